The van der Waals surface area contributed by atoms with Crippen LogP contribution >= 0.6 is 0 Å². The maximum Gasteiger partial charge on any atom is 0.305 e. The van der Waals surface area contributed by atoms with Crippen LogP contribution in [0.4, 0.5) is 0 Å². The first-order valence-electron chi connectivity index (χ1n) is 12.6. The van der Waals surface area contributed by atoms with Gasteiger partial charge in [-0.25, -0.2) is 0 Å². The van der Waals surface area contributed by atoms with Gasteiger partial charge in [0.15, 0.2) is 0 Å². The quantitative estimate of drug-likeness (QED) is 0.470. The fourth-order valence-electron chi connectivity index (χ4n) is 5.32. The predicted molar refractivity (Wildman–Crippen MR) is 133 cm³/mol. The van der Waals surface area contributed by atoms with E-state index in [1.165, 1.54) is 33.4 Å². The molecule has 182 valence electrons. The van der Waals surface area contributed by atoms with Crippen molar-refractivity contribution in [2.24, 2.45) is 11.8 Å². The van der Waals surface area contributed by atoms with Gasteiger partial charge in [-0.05, 0) is 58.1 Å². The minimum Gasteiger partial charge on any atom is -0.465 e. The van der Waals surface area contributed by atoms with Crippen molar-refractivity contribution in [2.45, 2.75) is 71.9 Å². The van der Waals surface area contributed by atoms with Crippen molar-refractivity contribution in [3.8, 4) is 11.1 Å². The SMILES string of the molecule is CC(C)COC(=O)CCC1(CCC(=O)OCC(C)C)c2cccc3c2-c2c(cccc21)CNC3. The van der Waals surface area contributed by atoms with Gasteiger partial charge in [-0.15, -0.1) is 0 Å². The number of nitrogens with one attached hydrogen (secondary N) is 1. The molecule has 2 aromatic carbocycles. The molecule has 1 aliphatic heterocycles. The van der Waals surface area contributed by atoms with Crippen LogP contribution in [0.15, 0.2) is 36.4 Å². The van der Waals surface area contributed by atoms with Gasteiger partial charge >= 0.3 is 11.9 Å². The van der Waals surface area contributed by atoms with Crippen LogP contribution < -0.4 is 5.32 Å². The molecule has 0 fully saturated rings. The molecule has 5 heteroatoms. The summed E-state index contributed by atoms with van der Waals surface area (Å²) in [5.74, 6) is 0.257. The first kappa shape index (κ1) is 24.5. The number of esters is 2. The van der Waals surface area contributed by atoms with Crippen LogP contribution in [-0.4, -0.2) is 25.2 Å². The molecule has 0 radical (unpaired) electrons. The van der Waals surface area contributed by atoms with Crippen molar-refractivity contribution in [3.63, 3.8) is 0 Å². The fraction of sp³-hybridized carbons (Fsp3) is 0.517. The summed E-state index contributed by atoms with van der Waals surface area (Å²) in [6, 6.07) is 13.0. The summed E-state index contributed by atoms with van der Waals surface area (Å²) in [5, 5.41) is 3.55. The highest BCUT2D eigenvalue weighted by molar-refractivity contribution is 5.87. The molecule has 2 aliphatic rings. The topological polar surface area (TPSA) is 64.6 Å². The maximum atomic E-state index is 12.7. The van der Waals surface area contributed by atoms with E-state index in [-0.39, 0.29) is 11.9 Å². The van der Waals surface area contributed by atoms with Crippen molar-refractivity contribution in [1.29, 1.82) is 0 Å². The third-order valence-electron chi connectivity index (χ3n) is 6.88. The van der Waals surface area contributed by atoms with Gasteiger partial charge in [0.05, 0.1) is 13.2 Å². The summed E-state index contributed by atoms with van der Waals surface area (Å²) in [4.78, 5) is 25.3. The van der Waals surface area contributed by atoms with E-state index in [1.54, 1.807) is 0 Å². The molecular formula is C29H37NO4. The molecule has 0 saturated heterocycles. The Balaban J connectivity index is 1.71. The second kappa shape index (κ2) is 10.3. The first-order chi connectivity index (χ1) is 16.3. The minimum atomic E-state index is -0.415. The number of ether oxygens (including phenoxy) is 2. The van der Waals surface area contributed by atoms with E-state index in [0.29, 0.717) is 50.7 Å². The summed E-state index contributed by atoms with van der Waals surface area (Å²) < 4.78 is 11.0. The molecule has 4 rings (SSSR count). The molecule has 0 saturated carbocycles. The van der Waals surface area contributed by atoms with E-state index >= 15 is 0 Å². The van der Waals surface area contributed by atoms with E-state index in [4.69, 9.17) is 9.47 Å². The summed E-state index contributed by atoms with van der Waals surface area (Å²) >= 11 is 0. The third-order valence-corrected chi connectivity index (χ3v) is 6.88. The molecule has 0 atom stereocenters. The molecule has 1 heterocycles. The van der Waals surface area contributed by atoms with Crippen LogP contribution in [0.3, 0.4) is 0 Å². The number of carbonyl (C=O) groups is 2. The lowest BCUT2D eigenvalue weighted by atomic mass is 9.71. The summed E-state index contributed by atoms with van der Waals surface area (Å²) in [6.45, 7) is 10.6. The van der Waals surface area contributed by atoms with Gasteiger partial charge in [0.2, 0.25) is 0 Å². The molecular weight excluding hydrogens is 426 g/mol. The normalized spacial score (nSPS) is 15.2. The molecule has 1 N–H and O–H groups in total. The highest BCUT2D eigenvalue weighted by atomic mass is 16.5. The van der Waals surface area contributed by atoms with Crippen LogP contribution in [0.25, 0.3) is 11.1 Å². The summed E-state index contributed by atoms with van der Waals surface area (Å²) in [6.07, 6.45) is 1.86. The number of rotatable bonds is 10. The lowest BCUT2D eigenvalue weighted by molar-refractivity contribution is -0.145. The van der Waals surface area contributed by atoms with Crippen molar-refractivity contribution in [2.75, 3.05) is 13.2 Å². The van der Waals surface area contributed by atoms with Crippen LogP contribution in [0.2, 0.25) is 0 Å². The Morgan fingerprint density at radius 3 is 1.65 bits per heavy atom. The van der Waals surface area contributed by atoms with Crippen LogP contribution in [0.1, 0.15) is 75.6 Å². The standard InChI is InChI=1S/C29H37NO4/c1-19(2)17-33-25(31)11-13-29(14-12-26(32)34-18-20(3)4)23-9-5-7-21-15-30-16-22-8-6-10-24(29)28(22)27(21)23/h5-10,19-20,30H,11-18H2,1-4H3. The van der Waals surface area contributed by atoms with Crippen LogP contribution in [-0.2, 0) is 37.6 Å². The summed E-state index contributed by atoms with van der Waals surface area (Å²) in [7, 11) is 0. The molecule has 0 spiro atoms. The Hall–Kier alpha value is -2.66. The Bertz CT molecular complexity index is 973. The molecule has 0 bridgehead atoms. The largest absolute Gasteiger partial charge is 0.465 e. The number of hydrogen-bond donors (Lipinski definition) is 1. The minimum absolute atomic E-state index is 0.175. The smallest absolute Gasteiger partial charge is 0.305 e. The Morgan fingerprint density at radius 2 is 1.24 bits per heavy atom. The van der Waals surface area contributed by atoms with E-state index in [2.05, 4.69) is 41.7 Å². The Labute approximate surface area is 203 Å². The lowest BCUT2D eigenvalue weighted by Gasteiger charge is -2.32. The summed E-state index contributed by atoms with van der Waals surface area (Å²) in [5.41, 5.74) is 7.15. The van der Waals surface area contributed by atoms with E-state index in [0.717, 1.165) is 13.1 Å². The molecule has 0 amide bonds. The zero-order valence-electron chi connectivity index (χ0n) is 20.9. The fourth-order valence-corrected chi connectivity index (χ4v) is 5.32. The van der Waals surface area contributed by atoms with Crippen LogP contribution in [0.5, 0.6) is 0 Å². The van der Waals surface area contributed by atoms with Crippen molar-refractivity contribution in [1.82, 2.24) is 5.32 Å². The van der Waals surface area contributed by atoms with Gasteiger partial charge < -0.3 is 14.8 Å². The molecule has 0 unspecified atom stereocenters. The number of hydrogen-bond acceptors (Lipinski definition) is 5. The van der Waals surface area contributed by atoms with E-state index in [9.17, 15) is 9.59 Å². The van der Waals surface area contributed by atoms with Gasteiger partial charge in [-0.3, -0.25) is 9.59 Å². The zero-order chi connectivity index (χ0) is 24.3. The average molecular weight is 464 g/mol. The first-order valence-corrected chi connectivity index (χ1v) is 12.6. The second-order valence-corrected chi connectivity index (χ2v) is 10.5. The maximum absolute atomic E-state index is 12.7. The van der Waals surface area contributed by atoms with Gasteiger partial charge in [0.1, 0.15) is 0 Å². The lowest BCUT2D eigenvalue weighted by Crippen LogP contribution is -2.29. The third kappa shape index (κ3) is 4.90. The van der Waals surface area contributed by atoms with Gasteiger partial charge in [-0.1, -0.05) is 64.1 Å². The van der Waals surface area contributed by atoms with E-state index < -0.39 is 5.41 Å². The molecule has 2 aromatic rings. The van der Waals surface area contributed by atoms with Crippen molar-refractivity contribution >= 4 is 11.9 Å². The zero-order valence-corrected chi connectivity index (χ0v) is 20.9. The van der Waals surface area contributed by atoms with Gasteiger partial charge in [-0.2, -0.15) is 0 Å². The molecule has 5 nitrogen and oxygen atoms in total. The van der Waals surface area contributed by atoms with Gasteiger partial charge in [0, 0.05) is 31.3 Å². The number of carbonyl (C=O) groups excluding carboxylic acids is 2. The van der Waals surface area contributed by atoms with E-state index in [1.807, 2.05) is 27.7 Å². The predicted octanol–water partition coefficient (Wildman–Crippen LogP) is 5.52. The Morgan fingerprint density at radius 1 is 0.794 bits per heavy atom. The van der Waals surface area contributed by atoms with Crippen LogP contribution in [0, 0.1) is 11.8 Å². The number of benzene rings is 2. The monoisotopic (exact) mass is 463 g/mol. The second-order valence-electron chi connectivity index (χ2n) is 10.5. The molecule has 0 aromatic heterocycles. The molecule has 1 aliphatic carbocycles. The highest BCUT2D eigenvalue weighted by Gasteiger charge is 2.45. The van der Waals surface area contributed by atoms with Gasteiger partial charge in [0.25, 0.3) is 0 Å². The van der Waals surface area contributed by atoms with Crippen molar-refractivity contribution < 1.29 is 19.1 Å². The Kier molecular flexibility index (Phi) is 7.42. The highest BCUT2D eigenvalue weighted by Crippen LogP contribution is 2.56. The van der Waals surface area contributed by atoms with Crippen molar-refractivity contribution in [3.05, 3.63) is 58.7 Å². The average Bonchev–Trinajstić information content (AvgIpc) is 2.95. The molecule has 34 heavy (non-hydrogen) atoms.